The standard InChI is InChI=1S/C8H12N4.C4H4O4/c1-12-10-6-8(11-12)7-3-2-4-9-5-7;5-3(6)1-2-4(7)8/h3,6,9H,2,4-5H2,1H3;1-2H,(H,5,6)(H,7,8)/b;2-1+. The molecule has 20 heavy (non-hydrogen) atoms. The average Bonchev–Trinajstić information content (AvgIpc) is 2.85. The number of hydrogen-bond acceptors (Lipinski definition) is 5. The Hall–Kier alpha value is -2.48. The molecule has 1 aliphatic rings. The minimum atomic E-state index is -1.26. The molecule has 0 saturated carbocycles. The van der Waals surface area contributed by atoms with E-state index < -0.39 is 11.9 Å². The quantitative estimate of drug-likeness (QED) is 0.662. The summed E-state index contributed by atoms with van der Waals surface area (Å²) in [4.78, 5) is 20.7. The average molecular weight is 280 g/mol. The summed E-state index contributed by atoms with van der Waals surface area (Å²) in [5.41, 5.74) is 2.25. The van der Waals surface area contributed by atoms with Crippen molar-refractivity contribution in [3.05, 3.63) is 30.1 Å². The van der Waals surface area contributed by atoms with Gasteiger partial charge in [-0.15, -0.1) is 0 Å². The van der Waals surface area contributed by atoms with Gasteiger partial charge in [0.2, 0.25) is 0 Å². The number of carbonyl (C=O) groups is 2. The third-order valence-electron chi connectivity index (χ3n) is 2.32. The van der Waals surface area contributed by atoms with E-state index in [2.05, 4.69) is 21.6 Å². The Balaban J connectivity index is 0.000000221. The molecule has 0 aromatic carbocycles. The number of aryl methyl sites for hydroxylation is 1. The van der Waals surface area contributed by atoms with E-state index in [9.17, 15) is 9.59 Å². The molecule has 0 radical (unpaired) electrons. The first kappa shape index (κ1) is 15.6. The molecule has 0 unspecified atom stereocenters. The fourth-order valence-electron chi connectivity index (χ4n) is 1.47. The third-order valence-corrected chi connectivity index (χ3v) is 2.32. The second kappa shape index (κ2) is 7.85. The highest BCUT2D eigenvalue weighted by Gasteiger charge is 2.07. The van der Waals surface area contributed by atoms with Crippen molar-refractivity contribution in [3.8, 4) is 0 Å². The molecule has 8 nitrogen and oxygen atoms in total. The molecule has 0 aliphatic carbocycles. The van der Waals surface area contributed by atoms with Gasteiger partial charge in [0.25, 0.3) is 0 Å². The van der Waals surface area contributed by atoms with Crippen molar-refractivity contribution in [2.45, 2.75) is 6.42 Å². The van der Waals surface area contributed by atoms with Gasteiger partial charge in [0, 0.05) is 25.7 Å². The van der Waals surface area contributed by atoms with Crippen LogP contribution in [0.2, 0.25) is 0 Å². The van der Waals surface area contributed by atoms with Crippen LogP contribution in [0.5, 0.6) is 0 Å². The lowest BCUT2D eigenvalue weighted by molar-refractivity contribution is -0.134. The van der Waals surface area contributed by atoms with Crippen LogP contribution in [0.4, 0.5) is 0 Å². The van der Waals surface area contributed by atoms with E-state index in [1.807, 2.05) is 7.05 Å². The predicted molar refractivity (Wildman–Crippen MR) is 70.9 cm³/mol. The Morgan fingerprint density at radius 3 is 2.40 bits per heavy atom. The van der Waals surface area contributed by atoms with Gasteiger partial charge >= 0.3 is 11.9 Å². The highest BCUT2D eigenvalue weighted by atomic mass is 16.4. The first-order chi connectivity index (χ1) is 9.49. The molecule has 0 saturated heterocycles. The van der Waals surface area contributed by atoms with Crippen LogP contribution in [0, 0.1) is 0 Å². The Bertz CT molecular complexity index is 517. The van der Waals surface area contributed by atoms with Crippen molar-refractivity contribution < 1.29 is 19.8 Å². The van der Waals surface area contributed by atoms with Crippen molar-refractivity contribution in [1.82, 2.24) is 20.3 Å². The van der Waals surface area contributed by atoms with Gasteiger partial charge < -0.3 is 15.5 Å². The van der Waals surface area contributed by atoms with Crippen LogP contribution in [0.25, 0.3) is 5.57 Å². The SMILES string of the molecule is Cn1ncc(C2=CCCNC2)n1.O=C(O)/C=C/C(=O)O. The van der Waals surface area contributed by atoms with E-state index in [0.717, 1.165) is 25.2 Å². The number of carboxylic acids is 2. The van der Waals surface area contributed by atoms with E-state index in [1.54, 1.807) is 11.0 Å². The summed E-state index contributed by atoms with van der Waals surface area (Å²) in [5.74, 6) is -2.51. The molecular formula is C12H16N4O4. The van der Waals surface area contributed by atoms with Crippen LogP contribution in [0.15, 0.2) is 24.4 Å². The number of aliphatic carboxylic acids is 2. The van der Waals surface area contributed by atoms with Crippen molar-refractivity contribution in [2.75, 3.05) is 13.1 Å². The van der Waals surface area contributed by atoms with Gasteiger partial charge in [-0.3, -0.25) is 0 Å². The minimum absolute atomic E-state index is 0.558. The molecule has 0 amide bonds. The lowest BCUT2D eigenvalue weighted by Gasteiger charge is -2.11. The largest absolute Gasteiger partial charge is 0.478 e. The topological polar surface area (TPSA) is 117 Å². The molecule has 0 spiro atoms. The van der Waals surface area contributed by atoms with E-state index >= 15 is 0 Å². The van der Waals surface area contributed by atoms with Gasteiger partial charge in [-0.25, -0.2) is 9.59 Å². The normalized spacial score (nSPS) is 14.3. The smallest absolute Gasteiger partial charge is 0.328 e. The maximum Gasteiger partial charge on any atom is 0.328 e. The lowest BCUT2D eigenvalue weighted by atomic mass is 10.1. The summed E-state index contributed by atoms with van der Waals surface area (Å²) in [5, 5.41) is 27.2. The van der Waals surface area contributed by atoms with Gasteiger partial charge in [-0.1, -0.05) is 6.08 Å². The zero-order valence-electron chi connectivity index (χ0n) is 11.0. The number of aromatic nitrogens is 3. The Labute approximate surface area is 115 Å². The molecule has 0 fully saturated rings. The highest BCUT2D eigenvalue weighted by Crippen LogP contribution is 2.12. The Morgan fingerprint density at radius 2 is 2.00 bits per heavy atom. The van der Waals surface area contributed by atoms with Gasteiger partial charge in [-0.2, -0.15) is 15.0 Å². The molecule has 1 aliphatic heterocycles. The lowest BCUT2D eigenvalue weighted by Crippen LogP contribution is -2.21. The molecule has 2 rings (SSSR count). The van der Waals surface area contributed by atoms with E-state index in [-0.39, 0.29) is 0 Å². The van der Waals surface area contributed by atoms with Crippen LogP contribution in [-0.4, -0.2) is 50.2 Å². The van der Waals surface area contributed by atoms with Crippen molar-refractivity contribution in [3.63, 3.8) is 0 Å². The maximum atomic E-state index is 9.55. The summed E-state index contributed by atoms with van der Waals surface area (Å²) < 4.78 is 0. The number of nitrogens with one attached hydrogen (secondary N) is 1. The Kier molecular flexibility index (Phi) is 6.11. The maximum absolute atomic E-state index is 9.55. The molecule has 2 heterocycles. The van der Waals surface area contributed by atoms with Crippen LogP contribution >= 0.6 is 0 Å². The Morgan fingerprint density at radius 1 is 1.35 bits per heavy atom. The summed E-state index contributed by atoms with van der Waals surface area (Å²) in [6.45, 7) is 1.99. The van der Waals surface area contributed by atoms with Crippen LogP contribution in [-0.2, 0) is 16.6 Å². The van der Waals surface area contributed by atoms with Crippen molar-refractivity contribution in [2.24, 2.45) is 7.05 Å². The molecule has 0 atom stereocenters. The van der Waals surface area contributed by atoms with E-state index in [0.29, 0.717) is 12.2 Å². The molecule has 1 aromatic heterocycles. The predicted octanol–water partition coefficient (Wildman–Crippen LogP) is -0.0964. The number of hydrogen-bond donors (Lipinski definition) is 3. The second-order valence-electron chi connectivity index (χ2n) is 3.92. The van der Waals surface area contributed by atoms with Gasteiger partial charge in [-0.05, 0) is 18.5 Å². The van der Waals surface area contributed by atoms with Crippen LogP contribution < -0.4 is 5.32 Å². The fraction of sp³-hybridized carbons (Fsp3) is 0.333. The monoisotopic (exact) mass is 280 g/mol. The first-order valence-corrected chi connectivity index (χ1v) is 5.89. The van der Waals surface area contributed by atoms with Gasteiger partial charge in [0.1, 0.15) is 5.69 Å². The molecule has 3 N–H and O–H groups in total. The van der Waals surface area contributed by atoms with E-state index in [4.69, 9.17) is 10.2 Å². The number of nitrogens with zero attached hydrogens (tertiary/aromatic N) is 3. The zero-order chi connectivity index (χ0) is 15.0. The molecular weight excluding hydrogens is 264 g/mol. The molecule has 1 aromatic rings. The minimum Gasteiger partial charge on any atom is -0.478 e. The van der Waals surface area contributed by atoms with Crippen LogP contribution in [0.1, 0.15) is 12.1 Å². The van der Waals surface area contributed by atoms with Gasteiger partial charge in [0.15, 0.2) is 0 Å². The molecule has 0 bridgehead atoms. The van der Waals surface area contributed by atoms with E-state index in [1.165, 1.54) is 5.57 Å². The summed E-state index contributed by atoms with van der Waals surface area (Å²) in [6.07, 6.45) is 6.23. The van der Waals surface area contributed by atoms with Crippen LogP contribution in [0.3, 0.4) is 0 Å². The molecule has 8 heteroatoms. The fourth-order valence-corrected chi connectivity index (χ4v) is 1.47. The summed E-state index contributed by atoms with van der Waals surface area (Å²) in [6, 6.07) is 0. The third kappa shape index (κ3) is 5.91. The number of carboxylic acid groups (broad SMARTS) is 2. The highest BCUT2D eigenvalue weighted by molar-refractivity contribution is 5.89. The molecule has 108 valence electrons. The number of rotatable bonds is 3. The first-order valence-electron chi connectivity index (χ1n) is 5.89. The van der Waals surface area contributed by atoms with Crippen molar-refractivity contribution in [1.29, 1.82) is 0 Å². The van der Waals surface area contributed by atoms with Crippen molar-refractivity contribution >= 4 is 17.5 Å². The van der Waals surface area contributed by atoms with Gasteiger partial charge in [0.05, 0.1) is 6.20 Å². The zero-order valence-corrected chi connectivity index (χ0v) is 11.0. The summed E-state index contributed by atoms with van der Waals surface area (Å²) in [7, 11) is 1.83. The summed E-state index contributed by atoms with van der Waals surface area (Å²) >= 11 is 0. The second-order valence-corrected chi connectivity index (χ2v) is 3.92.